The number of carboxylic acid groups (broad SMARTS) is 1. The second-order valence-corrected chi connectivity index (χ2v) is 9.73. The molecule has 0 aliphatic heterocycles. The molecule has 2 aromatic rings. The van der Waals surface area contributed by atoms with Gasteiger partial charge in [-0.05, 0) is 37.0 Å². The monoisotopic (exact) mass is 602 g/mol. The Labute approximate surface area is 246 Å². The number of aliphatic carboxylic acids is 1. The van der Waals surface area contributed by atoms with Crippen LogP contribution >= 0.6 is 0 Å². The number of carboxylic acids is 1. The van der Waals surface area contributed by atoms with E-state index in [9.17, 15) is 34.2 Å². The first-order chi connectivity index (χ1) is 20.3. The Bertz CT molecular complexity index is 1260. The maximum atomic E-state index is 13.5. The number of benzene rings is 1. The van der Waals surface area contributed by atoms with Crippen molar-refractivity contribution in [1.82, 2.24) is 25.9 Å². The Kier molecular flexibility index (Phi) is 13.4. The zero-order valence-electron chi connectivity index (χ0n) is 23.4. The summed E-state index contributed by atoms with van der Waals surface area (Å²) >= 11 is 0. The summed E-state index contributed by atoms with van der Waals surface area (Å²) < 4.78 is 0. The van der Waals surface area contributed by atoms with Gasteiger partial charge in [0.1, 0.15) is 23.9 Å². The summed E-state index contributed by atoms with van der Waals surface area (Å²) in [5.41, 5.74) is 23.0. The minimum absolute atomic E-state index is 0.0267. The molecule has 234 valence electrons. The van der Waals surface area contributed by atoms with E-state index < -0.39 is 53.8 Å². The van der Waals surface area contributed by atoms with E-state index in [4.69, 9.17) is 22.9 Å². The Morgan fingerprint density at radius 1 is 0.884 bits per heavy atom. The molecule has 0 fully saturated rings. The Morgan fingerprint density at radius 2 is 1.51 bits per heavy atom. The van der Waals surface area contributed by atoms with E-state index in [0.29, 0.717) is 11.3 Å². The molecule has 1 heterocycles. The number of guanidine groups is 1. The standard InChI is InChI=1S/C26H38N10O7/c27-17(11-15-12-31-13-33-15)22(39)34-18(2-1-9-32-26(29)30)23(40)36-20(10-14-3-5-16(37)6-4-14)24(41)35-19(25(42)43)7-8-21(28)38/h3-6,12-13,17-20,37H,1-2,7-11,27H2,(H2,28,38)(H,31,33)(H,34,39)(H,35,41)(H,36,40)(H,42,43)(H4,29,30,32). The molecule has 17 nitrogen and oxygen atoms in total. The number of primary amides is 1. The number of amides is 4. The number of hydrogen-bond donors (Lipinski definition) is 10. The van der Waals surface area contributed by atoms with Crippen LogP contribution in [0.3, 0.4) is 0 Å². The number of nitrogens with one attached hydrogen (secondary N) is 4. The van der Waals surface area contributed by atoms with E-state index in [0.717, 1.165) is 0 Å². The smallest absolute Gasteiger partial charge is 0.326 e. The first-order valence-electron chi connectivity index (χ1n) is 13.3. The van der Waals surface area contributed by atoms with E-state index in [-0.39, 0.29) is 56.8 Å². The first-order valence-corrected chi connectivity index (χ1v) is 13.3. The molecule has 1 aromatic heterocycles. The third-order valence-electron chi connectivity index (χ3n) is 6.21. The van der Waals surface area contributed by atoms with Gasteiger partial charge in [0, 0.05) is 37.7 Å². The molecule has 1 aromatic carbocycles. The van der Waals surface area contributed by atoms with Crippen LogP contribution in [0.25, 0.3) is 0 Å². The van der Waals surface area contributed by atoms with Crippen molar-refractivity contribution >= 4 is 35.6 Å². The summed E-state index contributed by atoms with van der Waals surface area (Å²) in [6.45, 7) is 0.153. The van der Waals surface area contributed by atoms with Gasteiger partial charge in [0.05, 0.1) is 12.4 Å². The summed E-state index contributed by atoms with van der Waals surface area (Å²) in [4.78, 5) is 73.1. The van der Waals surface area contributed by atoms with Crippen LogP contribution < -0.4 is 38.9 Å². The van der Waals surface area contributed by atoms with Crippen LogP contribution in [0.4, 0.5) is 0 Å². The van der Waals surface area contributed by atoms with Gasteiger partial charge in [-0.3, -0.25) is 24.2 Å². The normalized spacial score (nSPS) is 13.5. The Morgan fingerprint density at radius 3 is 2.09 bits per heavy atom. The number of aromatic amines is 1. The number of H-pyrrole nitrogens is 1. The highest BCUT2D eigenvalue weighted by Gasteiger charge is 2.30. The zero-order valence-corrected chi connectivity index (χ0v) is 23.4. The highest BCUT2D eigenvalue weighted by molar-refractivity contribution is 5.94. The fourth-order valence-electron chi connectivity index (χ4n) is 3.94. The predicted octanol–water partition coefficient (Wildman–Crippen LogP) is -2.91. The third-order valence-corrected chi connectivity index (χ3v) is 6.21. The summed E-state index contributed by atoms with van der Waals surface area (Å²) in [6.07, 6.45) is 2.72. The summed E-state index contributed by atoms with van der Waals surface area (Å²) in [5.74, 6) is -4.59. The van der Waals surface area contributed by atoms with Crippen molar-refractivity contribution in [3.05, 3.63) is 48.0 Å². The Balaban J connectivity index is 2.25. The van der Waals surface area contributed by atoms with Crippen LogP contribution in [0.5, 0.6) is 5.75 Å². The van der Waals surface area contributed by atoms with Crippen molar-refractivity contribution in [1.29, 1.82) is 0 Å². The SMILES string of the molecule is NC(=O)CCC(NC(=O)C(Cc1ccc(O)cc1)NC(=O)C(CCCN=C(N)N)NC(=O)C(N)Cc1cnc[nH]1)C(=O)O. The minimum Gasteiger partial charge on any atom is -0.508 e. The van der Waals surface area contributed by atoms with Gasteiger partial charge in [0.15, 0.2) is 5.96 Å². The fourth-order valence-corrected chi connectivity index (χ4v) is 3.94. The number of aliphatic imine (C=N–C) groups is 1. The van der Waals surface area contributed by atoms with Crippen LogP contribution in [0.1, 0.15) is 36.9 Å². The molecular weight excluding hydrogens is 564 g/mol. The van der Waals surface area contributed by atoms with Gasteiger partial charge in [-0.25, -0.2) is 9.78 Å². The van der Waals surface area contributed by atoms with Crippen LogP contribution in [0.2, 0.25) is 0 Å². The lowest BCUT2D eigenvalue weighted by Crippen LogP contribution is -2.57. The highest BCUT2D eigenvalue weighted by Crippen LogP contribution is 2.12. The molecule has 0 saturated carbocycles. The van der Waals surface area contributed by atoms with Crippen LogP contribution in [-0.4, -0.2) is 86.5 Å². The summed E-state index contributed by atoms with van der Waals surface area (Å²) in [6, 6.07) is 0.817. The molecular formula is C26H38N10O7. The number of rotatable bonds is 18. The summed E-state index contributed by atoms with van der Waals surface area (Å²) in [7, 11) is 0. The average molecular weight is 603 g/mol. The maximum absolute atomic E-state index is 13.5. The van der Waals surface area contributed by atoms with Gasteiger partial charge in [-0.2, -0.15) is 0 Å². The van der Waals surface area contributed by atoms with Crippen LogP contribution in [0.15, 0.2) is 41.8 Å². The van der Waals surface area contributed by atoms with Gasteiger partial charge in [-0.15, -0.1) is 0 Å². The molecule has 4 amide bonds. The lowest BCUT2D eigenvalue weighted by Gasteiger charge is -2.25. The second kappa shape index (κ2) is 16.9. The van der Waals surface area contributed by atoms with E-state index in [1.807, 2.05) is 0 Å². The van der Waals surface area contributed by atoms with Crippen molar-refractivity contribution in [2.75, 3.05) is 6.54 Å². The van der Waals surface area contributed by atoms with Gasteiger partial charge in [-0.1, -0.05) is 12.1 Å². The maximum Gasteiger partial charge on any atom is 0.326 e. The van der Waals surface area contributed by atoms with Crippen LogP contribution in [-0.2, 0) is 36.8 Å². The molecule has 0 saturated heterocycles. The van der Waals surface area contributed by atoms with Crippen LogP contribution in [0, 0.1) is 0 Å². The number of imidazole rings is 1. The lowest BCUT2D eigenvalue weighted by atomic mass is 10.0. The van der Waals surface area contributed by atoms with Crippen molar-refractivity contribution in [3.8, 4) is 5.75 Å². The number of nitrogens with zero attached hydrogens (tertiary/aromatic N) is 2. The number of carbonyl (C=O) groups excluding carboxylic acids is 4. The summed E-state index contributed by atoms with van der Waals surface area (Å²) in [5, 5.41) is 26.6. The molecule has 0 bridgehead atoms. The molecule has 4 atom stereocenters. The van der Waals surface area contributed by atoms with Crippen molar-refractivity contribution in [3.63, 3.8) is 0 Å². The van der Waals surface area contributed by atoms with E-state index in [1.165, 1.54) is 36.8 Å². The largest absolute Gasteiger partial charge is 0.508 e. The number of phenols is 1. The number of phenolic OH excluding ortho intramolecular Hbond substituents is 1. The zero-order chi connectivity index (χ0) is 31.9. The number of aromatic nitrogens is 2. The van der Waals surface area contributed by atoms with Gasteiger partial charge in [0.2, 0.25) is 23.6 Å². The molecule has 2 rings (SSSR count). The van der Waals surface area contributed by atoms with E-state index in [1.54, 1.807) is 0 Å². The van der Waals surface area contributed by atoms with Crippen molar-refractivity contribution in [2.45, 2.75) is 62.7 Å². The van der Waals surface area contributed by atoms with Gasteiger partial charge < -0.3 is 54.1 Å². The second-order valence-electron chi connectivity index (χ2n) is 9.73. The molecule has 4 unspecified atom stereocenters. The molecule has 0 aliphatic carbocycles. The van der Waals surface area contributed by atoms with Gasteiger partial charge >= 0.3 is 5.97 Å². The predicted molar refractivity (Wildman–Crippen MR) is 154 cm³/mol. The topological polar surface area (TPSA) is 307 Å². The molecule has 43 heavy (non-hydrogen) atoms. The molecule has 14 N–H and O–H groups in total. The van der Waals surface area contributed by atoms with Gasteiger partial charge in [0.25, 0.3) is 0 Å². The third kappa shape index (κ3) is 12.5. The molecule has 0 aliphatic rings. The van der Waals surface area contributed by atoms with E-state index >= 15 is 0 Å². The minimum atomic E-state index is -1.46. The molecule has 0 radical (unpaired) electrons. The lowest BCUT2D eigenvalue weighted by molar-refractivity contribution is -0.142. The Hall–Kier alpha value is -5.19. The number of hydrogen-bond acceptors (Lipinski definition) is 9. The number of carbonyl (C=O) groups is 5. The first kappa shape index (κ1) is 34.0. The highest BCUT2D eigenvalue weighted by atomic mass is 16.4. The number of aromatic hydroxyl groups is 1. The van der Waals surface area contributed by atoms with Crippen molar-refractivity contribution < 1.29 is 34.2 Å². The number of nitrogens with two attached hydrogens (primary N) is 4. The van der Waals surface area contributed by atoms with E-state index in [2.05, 4.69) is 30.9 Å². The molecule has 0 spiro atoms. The quantitative estimate of drug-likeness (QED) is 0.0468. The fraction of sp³-hybridized carbons (Fsp3) is 0.423. The molecule has 17 heteroatoms. The average Bonchev–Trinajstić information content (AvgIpc) is 3.45. The van der Waals surface area contributed by atoms with Crippen molar-refractivity contribution in [2.24, 2.45) is 27.9 Å².